The molecule has 0 atom stereocenters. The molecule has 0 saturated carbocycles. The molecule has 4 nitrogen and oxygen atoms in total. The third-order valence-corrected chi connectivity index (χ3v) is 10.9. The number of hydrogen-bond donors (Lipinski definition) is 0. The summed E-state index contributed by atoms with van der Waals surface area (Å²) in [6.45, 7) is 0.563. The number of rotatable bonds is 5. The van der Waals surface area contributed by atoms with Crippen molar-refractivity contribution in [3.63, 3.8) is 0 Å². The van der Waals surface area contributed by atoms with Gasteiger partial charge in [0.2, 0.25) is 0 Å². The summed E-state index contributed by atoms with van der Waals surface area (Å²) in [4.78, 5) is 15.4. The van der Waals surface area contributed by atoms with Crippen molar-refractivity contribution in [2.24, 2.45) is 0 Å². The second-order valence-corrected chi connectivity index (χ2v) is 13.8. The zero-order valence-corrected chi connectivity index (χ0v) is 28.3. The molecule has 5 heteroatoms. The van der Waals surface area contributed by atoms with Gasteiger partial charge in [0.25, 0.3) is 0 Å². The first-order valence-electron chi connectivity index (χ1n) is 17.0. The molecule has 0 N–H and O–H groups in total. The molecule has 0 unspecified atom stereocenters. The fraction of sp³-hybridized carbons (Fsp3) is 0.0217. The quantitative estimate of drug-likeness (QED) is 0.183. The standard InChI is InChI=1S/C46H29N3OS/c1-2-10-29(11-3-1)30-20-24-32(25-21-30)44-47-45(49-46(48-44)39-17-9-16-37-36-13-5-7-19-41(36)51-43(37)39)33-26-22-31(23-27-33)35-15-8-12-34-28-50-40-18-6-4-14-38(40)42(34)35/h1-27H,28H2. The van der Waals surface area contributed by atoms with E-state index in [0.29, 0.717) is 24.1 Å². The van der Waals surface area contributed by atoms with Crippen molar-refractivity contribution in [3.8, 4) is 73.3 Å². The fourth-order valence-electron chi connectivity index (χ4n) is 7.15. The summed E-state index contributed by atoms with van der Waals surface area (Å²) >= 11 is 1.78. The lowest BCUT2D eigenvalue weighted by molar-refractivity contribution is 0.302. The van der Waals surface area contributed by atoms with Gasteiger partial charge in [0.15, 0.2) is 17.5 Å². The molecule has 0 amide bonds. The monoisotopic (exact) mass is 671 g/mol. The van der Waals surface area contributed by atoms with E-state index >= 15 is 0 Å². The minimum Gasteiger partial charge on any atom is -0.488 e. The van der Waals surface area contributed by atoms with Crippen molar-refractivity contribution in [2.45, 2.75) is 6.61 Å². The fourth-order valence-corrected chi connectivity index (χ4v) is 8.36. The van der Waals surface area contributed by atoms with Crippen LogP contribution in [0.3, 0.4) is 0 Å². The zero-order valence-electron chi connectivity index (χ0n) is 27.5. The number of aromatic nitrogens is 3. The molecular formula is C46H29N3OS. The van der Waals surface area contributed by atoms with Gasteiger partial charge in [-0.3, -0.25) is 0 Å². The average molecular weight is 672 g/mol. The Balaban J connectivity index is 1.10. The lowest BCUT2D eigenvalue weighted by atomic mass is 9.89. The van der Waals surface area contributed by atoms with E-state index in [9.17, 15) is 0 Å². The Morgan fingerprint density at radius 1 is 0.412 bits per heavy atom. The van der Waals surface area contributed by atoms with Crippen LogP contribution in [-0.4, -0.2) is 15.0 Å². The predicted octanol–water partition coefficient (Wildman–Crippen LogP) is 12.1. The molecule has 0 fully saturated rings. The second-order valence-electron chi connectivity index (χ2n) is 12.7. The summed E-state index contributed by atoms with van der Waals surface area (Å²) < 4.78 is 8.49. The van der Waals surface area contributed by atoms with E-state index in [0.717, 1.165) is 39.1 Å². The highest BCUT2D eigenvalue weighted by atomic mass is 32.1. The van der Waals surface area contributed by atoms with Crippen LogP contribution < -0.4 is 4.74 Å². The Kier molecular flexibility index (Phi) is 7.03. The highest BCUT2D eigenvalue weighted by Crippen LogP contribution is 2.44. The maximum Gasteiger partial charge on any atom is 0.165 e. The Labute approximate surface area is 299 Å². The largest absolute Gasteiger partial charge is 0.488 e. The summed E-state index contributed by atoms with van der Waals surface area (Å²) in [5.41, 5.74) is 11.1. The first-order chi connectivity index (χ1) is 25.3. The van der Waals surface area contributed by atoms with Crippen molar-refractivity contribution in [1.82, 2.24) is 15.0 Å². The Bertz CT molecular complexity index is 2740. The Morgan fingerprint density at radius 2 is 0.980 bits per heavy atom. The zero-order chi connectivity index (χ0) is 33.7. The van der Waals surface area contributed by atoms with Crippen LogP contribution in [0.4, 0.5) is 0 Å². The van der Waals surface area contributed by atoms with Crippen molar-refractivity contribution >= 4 is 31.5 Å². The summed E-state index contributed by atoms with van der Waals surface area (Å²) in [5.74, 6) is 2.87. The van der Waals surface area contributed by atoms with Gasteiger partial charge in [0, 0.05) is 42.4 Å². The minimum absolute atomic E-state index is 0.563. The lowest BCUT2D eigenvalue weighted by Crippen LogP contribution is -2.06. The van der Waals surface area contributed by atoms with Gasteiger partial charge < -0.3 is 4.74 Å². The van der Waals surface area contributed by atoms with Crippen LogP contribution in [0.2, 0.25) is 0 Å². The Morgan fingerprint density at radius 3 is 1.78 bits per heavy atom. The van der Waals surface area contributed by atoms with Crippen LogP contribution in [0.1, 0.15) is 5.56 Å². The molecule has 240 valence electrons. The molecule has 0 saturated heterocycles. The average Bonchev–Trinajstić information content (AvgIpc) is 3.60. The maximum absolute atomic E-state index is 6.06. The van der Waals surface area contributed by atoms with Crippen molar-refractivity contribution in [3.05, 3.63) is 169 Å². The lowest BCUT2D eigenvalue weighted by Gasteiger charge is -2.23. The molecule has 0 aliphatic carbocycles. The van der Waals surface area contributed by atoms with Crippen LogP contribution >= 0.6 is 11.3 Å². The van der Waals surface area contributed by atoms with E-state index in [-0.39, 0.29) is 0 Å². The molecule has 3 heterocycles. The smallest absolute Gasteiger partial charge is 0.165 e. The third kappa shape index (κ3) is 5.18. The number of nitrogens with zero attached hydrogens (tertiary/aromatic N) is 3. The van der Waals surface area contributed by atoms with Crippen LogP contribution in [0.25, 0.3) is 87.7 Å². The molecular weight excluding hydrogens is 643 g/mol. The Hall–Kier alpha value is -6.43. The van der Waals surface area contributed by atoms with Crippen molar-refractivity contribution in [1.29, 1.82) is 0 Å². The van der Waals surface area contributed by atoms with E-state index in [1.807, 2.05) is 18.2 Å². The number of para-hydroxylation sites is 1. The summed E-state index contributed by atoms with van der Waals surface area (Å²) in [6.07, 6.45) is 0. The number of fused-ring (bicyclic) bond motifs is 6. The molecule has 0 radical (unpaired) electrons. The highest BCUT2D eigenvalue weighted by molar-refractivity contribution is 7.26. The van der Waals surface area contributed by atoms with Gasteiger partial charge in [-0.2, -0.15) is 0 Å². The number of hydrogen-bond acceptors (Lipinski definition) is 5. The summed E-state index contributed by atoms with van der Waals surface area (Å²) in [7, 11) is 0. The van der Waals surface area contributed by atoms with Gasteiger partial charge in [-0.1, -0.05) is 146 Å². The molecule has 9 aromatic rings. The summed E-state index contributed by atoms with van der Waals surface area (Å²) in [6, 6.07) is 57.2. The number of benzene rings is 7. The highest BCUT2D eigenvalue weighted by Gasteiger charge is 2.21. The molecule has 1 aliphatic heterocycles. The van der Waals surface area contributed by atoms with E-state index in [1.165, 1.54) is 42.4 Å². The molecule has 51 heavy (non-hydrogen) atoms. The van der Waals surface area contributed by atoms with Crippen LogP contribution in [0.15, 0.2) is 164 Å². The van der Waals surface area contributed by atoms with Crippen molar-refractivity contribution in [2.75, 3.05) is 0 Å². The first kappa shape index (κ1) is 29.5. The minimum atomic E-state index is 0.563. The van der Waals surface area contributed by atoms with E-state index in [4.69, 9.17) is 19.7 Å². The van der Waals surface area contributed by atoms with Gasteiger partial charge in [-0.05, 0) is 51.6 Å². The normalized spacial score (nSPS) is 12.0. The number of ether oxygens (including phenoxy) is 1. The van der Waals surface area contributed by atoms with Gasteiger partial charge in [0.1, 0.15) is 12.4 Å². The van der Waals surface area contributed by atoms with Crippen molar-refractivity contribution < 1.29 is 4.74 Å². The van der Waals surface area contributed by atoms with Crippen LogP contribution in [0.5, 0.6) is 5.75 Å². The second kappa shape index (κ2) is 12.2. The van der Waals surface area contributed by atoms with Gasteiger partial charge in [-0.15, -0.1) is 11.3 Å². The van der Waals surface area contributed by atoms with E-state index in [1.54, 1.807) is 11.3 Å². The molecule has 0 bridgehead atoms. The van der Waals surface area contributed by atoms with E-state index in [2.05, 4.69) is 146 Å². The van der Waals surface area contributed by atoms with Gasteiger partial charge in [0.05, 0.1) is 0 Å². The maximum atomic E-state index is 6.06. The van der Waals surface area contributed by atoms with Crippen LogP contribution in [-0.2, 0) is 6.61 Å². The van der Waals surface area contributed by atoms with E-state index < -0.39 is 0 Å². The van der Waals surface area contributed by atoms with Gasteiger partial charge >= 0.3 is 0 Å². The molecule has 2 aromatic heterocycles. The third-order valence-electron chi connectivity index (χ3n) is 9.68. The summed E-state index contributed by atoms with van der Waals surface area (Å²) in [5, 5.41) is 2.46. The molecule has 7 aromatic carbocycles. The topological polar surface area (TPSA) is 47.9 Å². The first-order valence-corrected chi connectivity index (χ1v) is 17.9. The van der Waals surface area contributed by atoms with Crippen LogP contribution in [0, 0.1) is 0 Å². The number of thiophene rings is 1. The SMILES string of the molecule is c1ccc(-c2ccc(-c3nc(-c4ccc(-c5cccc6c5-c5ccccc5OC6)cc4)nc(-c4cccc5c4sc4ccccc45)n3)cc2)cc1. The van der Waals surface area contributed by atoms with Gasteiger partial charge in [-0.25, -0.2) is 15.0 Å². The molecule has 1 aliphatic rings. The predicted molar refractivity (Wildman–Crippen MR) is 210 cm³/mol. The molecule has 10 rings (SSSR count). The molecule has 0 spiro atoms.